The molecule has 0 aromatic heterocycles. The number of hydrogen-bond donors (Lipinski definition) is 3. The lowest BCUT2D eigenvalue weighted by molar-refractivity contribution is 0.702. The second kappa shape index (κ2) is 11.2. The third-order valence-electron chi connectivity index (χ3n) is 5.03. The lowest BCUT2D eigenvalue weighted by Gasteiger charge is -2.19. The van der Waals surface area contributed by atoms with Crippen molar-refractivity contribution in [2.75, 3.05) is 19.6 Å². The SMILES string of the molecule is NCCCCc1cc2ccccc2c(CCCCN)c1CCCCN. The molecule has 0 aliphatic carbocycles. The molecule has 2 aromatic carbocycles. The number of fused-ring (bicyclic) bond motifs is 1. The van der Waals surface area contributed by atoms with Crippen LogP contribution in [0.4, 0.5) is 0 Å². The van der Waals surface area contributed by atoms with Gasteiger partial charge in [0.15, 0.2) is 0 Å². The normalized spacial score (nSPS) is 11.3. The van der Waals surface area contributed by atoms with E-state index in [4.69, 9.17) is 17.2 Å². The monoisotopic (exact) mass is 341 g/mol. The first-order valence-electron chi connectivity index (χ1n) is 9.94. The van der Waals surface area contributed by atoms with Gasteiger partial charge in [0, 0.05) is 0 Å². The molecular formula is C22H35N3. The van der Waals surface area contributed by atoms with Crippen molar-refractivity contribution in [1.29, 1.82) is 0 Å². The van der Waals surface area contributed by atoms with Crippen LogP contribution in [-0.2, 0) is 19.3 Å². The Hall–Kier alpha value is -1.42. The van der Waals surface area contributed by atoms with Gasteiger partial charge in [-0.25, -0.2) is 0 Å². The van der Waals surface area contributed by atoms with Gasteiger partial charge >= 0.3 is 0 Å². The summed E-state index contributed by atoms with van der Waals surface area (Å²) >= 11 is 0. The summed E-state index contributed by atoms with van der Waals surface area (Å²) in [5, 5.41) is 2.79. The van der Waals surface area contributed by atoms with Crippen molar-refractivity contribution in [2.24, 2.45) is 17.2 Å². The van der Waals surface area contributed by atoms with E-state index >= 15 is 0 Å². The smallest absolute Gasteiger partial charge is 0.00772 e. The van der Waals surface area contributed by atoms with E-state index in [0.717, 1.165) is 64.6 Å². The fourth-order valence-electron chi connectivity index (χ4n) is 3.70. The van der Waals surface area contributed by atoms with Crippen molar-refractivity contribution in [1.82, 2.24) is 0 Å². The van der Waals surface area contributed by atoms with Gasteiger partial charge in [0.1, 0.15) is 0 Å². The third kappa shape index (κ3) is 5.81. The van der Waals surface area contributed by atoms with Crippen LogP contribution < -0.4 is 17.2 Å². The van der Waals surface area contributed by atoms with Gasteiger partial charge in [-0.3, -0.25) is 0 Å². The topological polar surface area (TPSA) is 78.1 Å². The first-order chi connectivity index (χ1) is 12.3. The summed E-state index contributed by atoms with van der Waals surface area (Å²) in [6, 6.07) is 11.2. The highest BCUT2D eigenvalue weighted by Gasteiger charge is 2.13. The Balaban J connectivity index is 2.40. The van der Waals surface area contributed by atoms with E-state index in [0.29, 0.717) is 0 Å². The summed E-state index contributed by atoms with van der Waals surface area (Å²) in [4.78, 5) is 0. The Morgan fingerprint density at radius 2 is 1.16 bits per heavy atom. The lowest BCUT2D eigenvalue weighted by Crippen LogP contribution is -2.07. The summed E-state index contributed by atoms with van der Waals surface area (Å²) in [6.45, 7) is 2.33. The number of benzene rings is 2. The van der Waals surface area contributed by atoms with Crippen LogP contribution in [0.2, 0.25) is 0 Å². The summed E-state index contributed by atoms with van der Waals surface area (Å²) in [6.07, 6.45) is 10.2. The van der Waals surface area contributed by atoms with Gasteiger partial charge < -0.3 is 17.2 Å². The van der Waals surface area contributed by atoms with Crippen LogP contribution in [0.5, 0.6) is 0 Å². The van der Waals surface area contributed by atoms with Crippen molar-refractivity contribution in [3.63, 3.8) is 0 Å². The van der Waals surface area contributed by atoms with Crippen molar-refractivity contribution < 1.29 is 0 Å². The summed E-state index contributed by atoms with van der Waals surface area (Å²) in [7, 11) is 0. The molecule has 2 rings (SSSR count). The van der Waals surface area contributed by atoms with Crippen LogP contribution in [0, 0.1) is 0 Å². The first kappa shape index (κ1) is 19.9. The maximum absolute atomic E-state index is 5.73. The van der Waals surface area contributed by atoms with Gasteiger partial charge in [0.25, 0.3) is 0 Å². The van der Waals surface area contributed by atoms with Crippen molar-refractivity contribution in [3.8, 4) is 0 Å². The molecule has 0 aliphatic heterocycles. The van der Waals surface area contributed by atoms with Crippen molar-refractivity contribution >= 4 is 10.8 Å². The fraction of sp³-hybridized carbons (Fsp3) is 0.545. The second-order valence-electron chi connectivity index (χ2n) is 6.95. The van der Waals surface area contributed by atoms with Gasteiger partial charge in [-0.15, -0.1) is 0 Å². The zero-order chi connectivity index (χ0) is 17.9. The van der Waals surface area contributed by atoms with Crippen LogP contribution in [-0.4, -0.2) is 19.6 Å². The Morgan fingerprint density at radius 3 is 1.80 bits per heavy atom. The Bertz CT molecular complexity index is 636. The number of nitrogens with two attached hydrogens (primary N) is 3. The predicted octanol–water partition coefficient (Wildman–Crippen LogP) is 3.68. The third-order valence-corrected chi connectivity index (χ3v) is 5.03. The minimum absolute atomic E-state index is 0.774. The standard InChI is InChI=1S/C22H35N3/c23-14-6-3-10-19-17-18-9-1-2-11-20(18)22(13-5-8-16-25)21(19)12-4-7-15-24/h1-2,9,11,17H,3-8,10,12-16,23-25H2. The van der Waals surface area contributed by atoms with Crippen LogP contribution in [0.15, 0.2) is 30.3 Å². The highest BCUT2D eigenvalue weighted by molar-refractivity contribution is 5.88. The largest absolute Gasteiger partial charge is 0.330 e. The second-order valence-corrected chi connectivity index (χ2v) is 6.95. The van der Waals surface area contributed by atoms with Gasteiger partial charge in [-0.2, -0.15) is 0 Å². The molecule has 3 heteroatoms. The van der Waals surface area contributed by atoms with Crippen LogP contribution in [0.1, 0.15) is 55.2 Å². The Morgan fingerprint density at radius 1 is 0.600 bits per heavy atom. The molecule has 0 amide bonds. The average molecular weight is 342 g/mol. The average Bonchev–Trinajstić information content (AvgIpc) is 2.63. The molecular weight excluding hydrogens is 306 g/mol. The predicted molar refractivity (Wildman–Crippen MR) is 110 cm³/mol. The molecule has 0 saturated carbocycles. The van der Waals surface area contributed by atoms with Gasteiger partial charge in [0.05, 0.1) is 0 Å². The minimum atomic E-state index is 0.774. The number of hydrogen-bond acceptors (Lipinski definition) is 3. The van der Waals surface area contributed by atoms with E-state index in [2.05, 4.69) is 30.3 Å². The molecule has 0 bridgehead atoms. The van der Waals surface area contributed by atoms with E-state index in [1.165, 1.54) is 29.2 Å². The van der Waals surface area contributed by atoms with E-state index < -0.39 is 0 Å². The molecule has 2 aromatic rings. The Labute approximate surface area is 153 Å². The molecule has 138 valence electrons. The van der Waals surface area contributed by atoms with Gasteiger partial charge in [0.2, 0.25) is 0 Å². The molecule has 0 spiro atoms. The maximum Gasteiger partial charge on any atom is -0.00772 e. The highest BCUT2D eigenvalue weighted by Crippen LogP contribution is 2.30. The fourth-order valence-corrected chi connectivity index (χ4v) is 3.70. The maximum atomic E-state index is 5.73. The molecule has 0 unspecified atom stereocenters. The molecule has 3 nitrogen and oxygen atoms in total. The van der Waals surface area contributed by atoms with Crippen molar-refractivity contribution in [2.45, 2.75) is 57.8 Å². The summed E-state index contributed by atoms with van der Waals surface area (Å²) < 4.78 is 0. The molecule has 0 radical (unpaired) electrons. The van der Waals surface area contributed by atoms with Crippen molar-refractivity contribution in [3.05, 3.63) is 47.0 Å². The molecule has 0 saturated heterocycles. The molecule has 0 fully saturated rings. The zero-order valence-corrected chi connectivity index (χ0v) is 15.6. The van der Waals surface area contributed by atoms with Crippen LogP contribution in [0.3, 0.4) is 0 Å². The quantitative estimate of drug-likeness (QED) is 0.515. The van der Waals surface area contributed by atoms with Gasteiger partial charge in [-0.1, -0.05) is 30.3 Å². The summed E-state index contributed by atoms with van der Waals surface area (Å²) in [5.74, 6) is 0. The molecule has 0 aliphatic rings. The number of unbranched alkanes of at least 4 members (excludes halogenated alkanes) is 3. The first-order valence-corrected chi connectivity index (χ1v) is 9.94. The van der Waals surface area contributed by atoms with Gasteiger partial charge in [-0.05, 0) is 105 Å². The molecule has 25 heavy (non-hydrogen) atoms. The molecule has 0 heterocycles. The van der Waals surface area contributed by atoms with Crippen LogP contribution in [0.25, 0.3) is 10.8 Å². The summed E-state index contributed by atoms with van der Waals surface area (Å²) in [5.41, 5.74) is 21.8. The zero-order valence-electron chi connectivity index (χ0n) is 15.6. The number of aryl methyl sites for hydroxylation is 2. The highest BCUT2D eigenvalue weighted by atomic mass is 14.5. The van der Waals surface area contributed by atoms with E-state index in [9.17, 15) is 0 Å². The molecule has 6 N–H and O–H groups in total. The minimum Gasteiger partial charge on any atom is -0.330 e. The lowest BCUT2D eigenvalue weighted by atomic mass is 9.86. The van der Waals surface area contributed by atoms with E-state index in [-0.39, 0.29) is 0 Å². The van der Waals surface area contributed by atoms with E-state index in [1.54, 1.807) is 11.1 Å². The number of rotatable bonds is 12. The Kier molecular flexibility index (Phi) is 8.95. The van der Waals surface area contributed by atoms with Crippen LogP contribution >= 0.6 is 0 Å². The molecule has 0 atom stereocenters. The van der Waals surface area contributed by atoms with E-state index in [1.807, 2.05) is 0 Å².